The third-order valence-corrected chi connectivity index (χ3v) is 10.5. The fourth-order valence-electron chi connectivity index (χ4n) is 7.36. The molecule has 2 aliphatic heterocycles. The van der Waals surface area contributed by atoms with Crippen LogP contribution in [0.15, 0.2) is 54.6 Å². The zero-order chi connectivity index (χ0) is 39.5. The average molecular weight is 759 g/mol. The summed E-state index contributed by atoms with van der Waals surface area (Å²) in [6.07, 6.45) is 22.3. The van der Waals surface area contributed by atoms with E-state index >= 15 is 0 Å². The van der Waals surface area contributed by atoms with E-state index in [-0.39, 0.29) is 0 Å². The molecule has 0 atom stereocenters. The quantitative estimate of drug-likeness (QED) is 0.0600. The number of hydrogen-bond donors (Lipinski definition) is 2. The maximum absolute atomic E-state index is 6.43. The number of likely N-dealkylation sites (N-methyl/N-ethyl adjacent to an activating group) is 1. The molecule has 2 aliphatic rings. The van der Waals surface area contributed by atoms with Gasteiger partial charge in [0.2, 0.25) is 0 Å². The summed E-state index contributed by atoms with van der Waals surface area (Å²) in [7, 11) is 13.2. The summed E-state index contributed by atoms with van der Waals surface area (Å²) in [6, 6.07) is 19.2. The Morgan fingerprint density at radius 2 is 1.05 bits per heavy atom. The maximum Gasteiger partial charge on any atom is 0.137 e. The van der Waals surface area contributed by atoms with Crippen LogP contribution in [0, 0.1) is 0 Å². The zero-order valence-electron chi connectivity index (χ0n) is 35.2. The van der Waals surface area contributed by atoms with Gasteiger partial charge in [0.1, 0.15) is 24.7 Å². The second kappa shape index (κ2) is 19.0. The topological polar surface area (TPSA) is 75.8 Å². The molecule has 56 heavy (non-hydrogen) atoms. The molecule has 8 heteroatoms. The highest BCUT2D eigenvalue weighted by molar-refractivity contribution is 5.94. The van der Waals surface area contributed by atoms with E-state index in [4.69, 9.17) is 19.4 Å². The van der Waals surface area contributed by atoms with Crippen LogP contribution >= 0.6 is 0 Å². The number of H-pyrrole nitrogens is 2. The molecule has 0 fully saturated rings. The zero-order valence-corrected chi connectivity index (χ0v) is 35.2. The lowest BCUT2D eigenvalue weighted by molar-refractivity contribution is -0.870. The van der Waals surface area contributed by atoms with Crippen molar-refractivity contribution in [1.29, 1.82) is 0 Å². The van der Waals surface area contributed by atoms with E-state index in [1.165, 1.54) is 56.9 Å². The summed E-state index contributed by atoms with van der Waals surface area (Å²) in [5.74, 6) is 1.60. The first kappa shape index (κ1) is 41.0. The standard InChI is InChI=1S/C48H66N6O2/c1-8-9-10-11-12-13-14-15-16-18-43-44-23-19-37(49-44)33-39-21-25-46(51-39)48(47-26-22-40(52-47)34-38-20-24-45(43)50-38)36-31-41(55-29-17-27-53(2,3)4)35-42(32-36)56-30-28-54(5,6)7/h19-26,31-35,51-52H,8-18,27-30H2,1-7H3/q+2. The van der Waals surface area contributed by atoms with Crippen molar-refractivity contribution >= 4 is 46.4 Å². The molecule has 3 aromatic heterocycles. The normalized spacial score (nSPS) is 12.8. The number of benzene rings is 1. The van der Waals surface area contributed by atoms with E-state index < -0.39 is 0 Å². The van der Waals surface area contributed by atoms with Crippen LogP contribution in [0.3, 0.4) is 0 Å². The molecular weight excluding hydrogens is 693 g/mol. The lowest BCUT2D eigenvalue weighted by atomic mass is 10.0. The second-order valence-electron chi connectivity index (χ2n) is 17.7. The van der Waals surface area contributed by atoms with Crippen molar-refractivity contribution in [2.45, 2.75) is 77.6 Å². The Morgan fingerprint density at radius 1 is 0.536 bits per heavy atom. The summed E-state index contributed by atoms with van der Waals surface area (Å²) in [5, 5.41) is 0. The molecule has 0 radical (unpaired) electrons. The molecule has 0 amide bonds. The molecule has 2 N–H and O–H groups in total. The van der Waals surface area contributed by atoms with Gasteiger partial charge in [0.25, 0.3) is 0 Å². The predicted octanol–water partition coefficient (Wildman–Crippen LogP) is 11.0. The molecule has 6 rings (SSSR count). The van der Waals surface area contributed by atoms with E-state index in [1.807, 2.05) is 6.07 Å². The van der Waals surface area contributed by atoms with Crippen LogP contribution in [-0.4, -0.2) is 97.5 Å². The molecule has 8 bridgehead atoms. The number of hydrogen-bond acceptors (Lipinski definition) is 4. The highest BCUT2D eigenvalue weighted by atomic mass is 16.5. The fourth-order valence-corrected chi connectivity index (χ4v) is 7.36. The van der Waals surface area contributed by atoms with Gasteiger partial charge in [-0.3, -0.25) is 0 Å². The number of rotatable bonds is 20. The Morgan fingerprint density at radius 3 is 1.59 bits per heavy atom. The van der Waals surface area contributed by atoms with E-state index in [0.29, 0.717) is 13.2 Å². The van der Waals surface area contributed by atoms with Gasteiger partial charge in [-0.15, -0.1) is 0 Å². The molecule has 4 aromatic rings. The van der Waals surface area contributed by atoms with Gasteiger partial charge < -0.3 is 28.4 Å². The highest BCUT2D eigenvalue weighted by Gasteiger charge is 2.15. The molecule has 0 spiro atoms. The van der Waals surface area contributed by atoms with Crippen LogP contribution in [0.1, 0.15) is 99.5 Å². The van der Waals surface area contributed by atoms with E-state index in [0.717, 1.165) is 109 Å². The van der Waals surface area contributed by atoms with Gasteiger partial charge in [-0.1, -0.05) is 58.3 Å². The molecule has 0 aliphatic carbocycles. The lowest BCUT2D eigenvalue weighted by Gasteiger charge is -2.24. The Hall–Kier alpha value is -4.66. The van der Waals surface area contributed by atoms with Crippen LogP contribution in [0.5, 0.6) is 11.5 Å². The first-order chi connectivity index (χ1) is 26.9. The van der Waals surface area contributed by atoms with Crippen molar-refractivity contribution in [3.05, 3.63) is 82.9 Å². The average Bonchev–Trinajstić information content (AvgIpc) is 3.97. The van der Waals surface area contributed by atoms with E-state index in [9.17, 15) is 0 Å². The molecule has 0 saturated carbocycles. The number of nitrogens with one attached hydrogen (secondary N) is 2. The molecule has 0 saturated heterocycles. The molecule has 298 valence electrons. The van der Waals surface area contributed by atoms with Crippen LogP contribution in [0.2, 0.25) is 0 Å². The first-order valence-electron chi connectivity index (χ1n) is 21.0. The SMILES string of the molecule is CCCCCCCCCCCc1c2nc(cc3ccc([nH]3)c(-c3cc(OCCC[N+](C)(C)C)cc(OCC[N+](C)(C)C)c3)c3ccc(cc4nc1C=C4)[nH]3)C=C2. The Bertz CT molecular complexity index is 2050. The van der Waals surface area contributed by atoms with Crippen molar-refractivity contribution in [3.63, 3.8) is 0 Å². The number of ether oxygens (including phenoxy) is 2. The first-order valence-corrected chi connectivity index (χ1v) is 21.0. The Kier molecular flexibility index (Phi) is 13.9. The predicted molar refractivity (Wildman–Crippen MR) is 237 cm³/mol. The Balaban J connectivity index is 1.37. The Labute approximate surface area is 335 Å². The summed E-state index contributed by atoms with van der Waals surface area (Å²) in [5.41, 5.74) is 11.2. The maximum atomic E-state index is 6.43. The summed E-state index contributed by atoms with van der Waals surface area (Å²) in [6.45, 7) is 5.45. The summed E-state index contributed by atoms with van der Waals surface area (Å²) in [4.78, 5) is 17.7. The van der Waals surface area contributed by atoms with Crippen molar-refractivity contribution in [1.82, 2.24) is 19.9 Å². The molecule has 8 nitrogen and oxygen atoms in total. The van der Waals surface area contributed by atoms with Gasteiger partial charge in [0.15, 0.2) is 0 Å². The second-order valence-corrected chi connectivity index (χ2v) is 17.7. The summed E-state index contributed by atoms with van der Waals surface area (Å²) >= 11 is 0. The van der Waals surface area contributed by atoms with Gasteiger partial charge in [-0.2, -0.15) is 0 Å². The van der Waals surface area contributed by atoms with Crippen LogP contribution in [0.4, 0.5) is 0 Å². The van der Waals surface area contributed by atoms with Gasteiger partial charge in [0, 0.05) is 45.7 Å². The van der Waals surface area contributed by atoms with Crippen molar-refractivity contribution in [2.75, 3.05) is 68.6 Å². The largest absolute Gasteiger partial charge is 0.493 e. The van der Waals surface area contributed by atoms with Crippen LogP contribution < -0.4 is 9.47 Å². The smallest absolute Gasteiger partial charge is 0.137 e. The van der Waals surface area contributed by atoms with Gasteiger partial charge in [0.05, 0.1) is 78.2 Å². The third-order valence-electron chi connectivity index (χ3n) is 10.5. The summed E-state index contributed by atoms with van der Waals surface area (Å²) < 4.78 is 14.6. The van der Waals surface area contributed by atoms with Crippen molar-refractivity contribution < 1.29 is 18.4 Å². The number of fused-ring (bicyclic) bond motifs is 8. The monoisotopic (exact) mass is 759 g/mol. The molecule has 0 unspecified atom stereocenters. The minimum absolute atomic E-state index is 0.605. The van der Waals surface area contributed by atoms with E-state index in [1.54, 1.807) is 0 Å². The van der Waals surface area contributed by atoms with Gasteiger partial charge in [-0.05, 0) is 91.2 Å². The minimum Gasteiger partial charge on any atom is -0.493 e. The molecule has 1 aromatic carbocycles. The van der Waals surface area contributed by atoms with Crippen LogP contribution in [0.25, 0.3) is 57.5 Å². The lowest BCUT2D eigenvalue weighted by Crippen LogP contribution is -2.38. The van der Waals surface area contributed by atoms with Gasteiger partial charge >= 0.3 is 0 Å². The van der Waals surface area contributed by atoms with E-state index in [2.05, 4.69) is 132 Å². The van der Waals surface area contributed by atoms with Gasteiger partial charge in [-0.25, -0.2) is 9.97 Å². The number of aromatic amines is 2. The molecular formula is C48H66N6O2+2. The minimum atomic E-state index is 0.605. The third kappa shape index (κ3) is 12.2. The highest BCUT2D eigenvalue weighted by Crippen LogP contribution is 2.35. The van der Waals surface area contributed by atoms with Crippen molar-refractivity contribution in [2.24, 2.45) is 0 Å². The van der Waals surface area contributed by atoms with Crippen molar-refractivity contribution in [3.8, 4) is 22.6 Å². The number of nitrogens with zero attached hydrogens (tertiary/aromatic N) is 4. The fraction of sp³-hybridized carbons (Fsp3) is 0.458. The number of aromatic nitrogens is 4. The number of quaternary nitrogens is 2. The number of unbranched alkanes of at least 4 members (excludes halogenated alkanes) is 8. The molecule has 5 heterocycles. The van der Waals surface area contributed by atoms with Crippen LogP contribution in [-0.2, 0) is 6.42 Å².